The summed E-state index contributed by atoms with van der Waals surface area (Å²) in [6.07, 6.45) is 2.73. The number of rotatable bonds is 5. The predicted molar refractivity (Wildman–Crippen MR) is 107 cm³/mol. The normalized spacial score (nSPS) is 16.4. The zero-order valence-corrected chi connectivity index (χ0v) is 17.0. The lowest BCUT2D eigenvalue weighted by atomic mass is 9.99. The monoisotopic (exact) mass is 420 g/mol. The molecule has 2 aromatic rings. The molecule has 28 heavy (non-hydrogen) atoms. The summed E-state index contributed by atoms with van der Waals surface area (Å²) in [6, 6.07) is 9.91. The van der Waals surface area contributed by atoms with Crippen LogP contribution in [0, 0.1) is 5.92 Å². The number of hydrogen-bond donors (Lipinski definition) is 1. The summed E-state index contributed by atoms with van der Waals surface area (Å²) in [6.45, 7) is 1.23. The van der Waals surface area contributed by atoms with Crippen molar-refractivity contribution in [2.24, 2.45) is 5.92 Å². The van der Waals surface area contributed by atoms with Crippen LogP contribution in [0.15, 0.2) is 41.3 Å². The first kappa shape index (κ1) is 19.1. The Morgan fingerprint density at radius 3 is 2.68 bits per heavy atom. The Kier molecular flexibility index (Phi) is 4.97. The van der Waals surface area contributed by atoms with Crippen molar-refractivity contribution in [1.82, 2.24) is 4.90 Å². The second kappa shape index (κ2) is 7.29. The minimum absolute atomic E-state index is 0.0224. The lowest BCUT2D eigenvalue weighted by Crippen LogP contribution is -2.36. The smallest absolute Gasteiger partial charge is 0.265 e. The number of ether oxygens (including phenoxy) is 1. The quantitative estimate of drug-likeness (QED) is 0.803. The van der Waals surface area contributed by atoms with Gasteiger partial charge in [-0.15, -0.1) is 0 Å². The number of carbonyl (C=O) groups is 1. The summed E-state index contributed by atoms with van der Waals surface area (Å²) >= 11 is 5.97. The molecule has 1 saturated carbocycles. The lowest BCUT2D eigenvalue weighted by molar-refractivity contribution is -0.133. The van der Waals surface area contributed by atoms with E-state index in [4.69, 9.17) is 16.3 Å². The molecular formula is C20H21ClN2O4S. The average Bonchev–Trinajstić information content (AvgIpc) is 3.52. The molecule has 2 aromatic carbocycles. The first-order valence-electron chi connectivity index (χ1n) is 9.14. The van der Waals surface area contributed by atoms with Gasteiger partial charge in [0.15, 0.2) is 0 Å². The van der Waals surface area contributed by atoms with Crippen molar-refractivity contribution < 1.29 is 17.9 Å². The van der Waals surface area contributed by atoms with E-state index in [9.17, 15) is 13.2 Å². The van der Waals surface area contributed by atoms with Gasteiger partial charge < -0.3 is 9.64 Å². The van der Waals surface area contributed by atoms with Crippen LogP contribution in [0.3, 0.4) is 0 Å². The van der Waals surface area contributed by atoms with Gasteiger partial charge in [-0.1, -0.05) is 17.7 Å². The Morgan fingerprint density at radius 2 is 1.96 bits per heavy atom. The van der Waals surface area contributed by atoms with Gasteiger partial charge in [0.1, 0.15) is 10.6 Å². The van der Waals surface area contributed by atoms with E-state index >= 15 is 0 Å². The van der Waals surface area contributed by atoms with Gasteiger partial charge in [0, 0.05) is 29.7 Å². The molecule has 4 rings (SSSR count). The third-order valence-electron chi connectivity index (χ3n) is 5.12. The van der Waals surface area contributed by atoms with Crippen molar-refractivity contribution in [1.29, 1.82) is 0 Å². The van der Waals surface area contributed by atoms with Crippen molar-refractivity contribution in [3.05, 3.63) is 52.5 Å². The first-order chi connectivity index (χ1) is 13.4. The fourth-order valence-corrected chi connectivity index (χ4v) is 4.95. The molecule has 0 aromatic heterocycles. The third-order valence-corrected chi connectivity index (χ3v) is 6.76. The van der Waals surface area contributed by atoms with Gasteiger partial charge in [-0.25, -0.2) is 8.42 Å². The maximum absolute atomic E-state index is 12.9. The summed E-state index contributed by atoms with van der Waals surface area (Å²) < 4.78 is 33.5. The van der Waals surface area contributed by atoms with E-state index < -0.39 is 10.0 Å². The van der Waals surface area contributed by atoms with Crippen LogP contribution < -0.4 is 9.46 Å². The van der Waals surface area contributed by atoms with Crippen LogP contribution in [-0.4, -0.2) is 32.9 Å². The lowest BCUT2D eigenvalue weighted by Gasteiger charge is -2.29. The van der Waals surface area contributed by atoms with Crippen molar-refractivity contribution in [2.45, 2.75) is 30.7 Å². The fourth-order valence-electron chi connectivity index (χ4n) is 3.47. The van der Waals surface area contributed by atoms with Gasteiger partial charge in [0.2, 0.25) is 5.91 Å². The summed E-state index contributed by atoms with van der Waals surface area (Å²) in [5.74, 6) is 0.606. The topological polar surface area (TPSA) is 75.7 Å². The molecule has 1 aliphatic carbocycles. The maximum atomic E-state index is 12.9. The number of halogens is 1. The highest BCUT2D eigenvalue weighted by molar-refractivity contribution is 7.92. The Labute approximate surface area is 169 Å². The molecule has 0 unspecified atom stereocenters. The number of sulfonamides is 1. The third kappa shape index (κ3) is 3.82. The molecule has 6 nitrogen and oxygen atoms in total. The molecule has 0 bridgehead atoms. The Bertz CT molecular complexity index is 1030. The highest BCUT2D eigenvalue weighted by atomic mass is 35.5. The summed E-state index contributed by atoms with van der Waals surface area (Å²) in [5, 5.41) is 0.306. The molecule has 1 heterocycles. The molecule has 8 heteroatoms. The minimum atomic E-state index is -3.88. The van der Waals surface area contributed by atoms with Crippen LogP contribution in [0.1, 0.15) is 24.0 Å². The van der Waals surface area contributed by atoms with Gasteiger partial charge in [0.05, 0.1) is 7.11 Å². The molecular weight excluding hydrogens is 400 g/mol. The Hall–Kier alpha value is -2.25. The van der Waals surface area contributed by atoms with Crippen LogP contribution in [0.2, 0.25) is 5.02 Å². The summed E-state index contributed by atoms with van der Waals surface area (Å²) in [4.78, 5) is 14.2. The number of fused-ring (bicyclic) bond motifs is 1. The minimum Gasteiger partial charge on any atom is -0.495 e. The van der Waals surface area contributed by atoms with E-state index in [2.05, 4.69) is 4.72 Å². The highest BCUT2D eigenvalue weighted by Crippen LogP contribution is 2.34. The standard InChI is InChI=1S/C20H21ClN2O4S/c1-27-18-7-5-16(21)11-19(18)28(25,26)22-17-6-4-13-8-9-23(12-15(13)10-17)20(24)14-2-3-14/h4-7,10-11,14,22H,2-3,8-9,12H2,1H3. The van der Waals surface area contributed by atoms with Gasteiger partial charge in [-0.3, -0.25) is 9.52 Å². The highest BCUT2D eigenvalue weighted by Gasteiger charge is 2.34. The van der Waals surface area contributed by atoms with Crippen LogP contribution >= 0.6 is 11.6 Å². The molecule has 0 atom stereocenters. The molecule has 148 valence electrons. The zero-order valence-electron chi connectivity index (χ0n) is 15.4. The van der Waals surface area contributed by atoms with Crippen molar-refractivity contribution in [3.8, 4) is 5.75 Å². The SMILES string of the molecule is COc1ccc(Cl)cc1S(=O)(=O)Nc1ccc2c(c1)CN(C(=O)C1CC1)CC2. The van der Waals surface area contributed by atoms with Crippen LogP contribution in [0.5, 0.6) is 5.75 Å². The summed E-state index contributed by atoms with van der Waals surface area (Å²) in [5.41, 5.74) is 2.56. The van der Waals surface area contributed by atoms with Crippen molar-refractivity contribution in [2.75, 3.05) is 18.4 Å². The molecule has 1 N–H and O–H groups in total. The second-order valence-corrected chi connectivity index (χ2v) is 9.26. The number of anilines is 1. The number of nitrogens with one attached hydrogen (secondary N) is 1. The van der Waals surface area contributed by atoms with Crippen LogP contribution in [0.25, 0.3) is 0 Å². The Morgan fingerprint density at radius 1 is 1.18 bits per heavy atom. The number of nitrogens with zero attached hydrogens (tertiary/aromatic N) is 1. The Balaban J connectivity index is 1.58. The molecule has 0 saturated heterocycles. The zero-order chi connectivity index (χ0) is 19.9. The fraction of sp³-hybridized carbons (Fsp3) is 0.350. The number of amides is 1. The van der Waals surface area contributed by atoms with E-state index in [1.807, 2.05) is 11.0 Å². The van der Waals surface area contributed by atoms with E-state index in [1.165, 1.54) is 19.2 Å². The largest absolute Gasteiger partial charge is 0.495 e. The number of hydrogen-bond acceptors (Lipinski definition) is 4. The van der Waals surface area contributed by atoms with E-state index in [-0.39, 0.29) is 22.5 Å². The van der Waals surface area contributed by atoms with Crippen LogP contribution in [-0.2, 0) is 27.8 Å². The molecule has 1 amide bonds. The maximum Gasteiger partial charge on any atom is 0.265 e. The molecule has 1 fully saturated rings. The molecule has 0 radical (unpaired) electrons. The number of methoxy groups -OCH3 is 1. The van der Waals surface area contributed by atoms with Crippen molar-refractivity contribution >= 4 is 33.2 Å². The average molecular weight is 421 g/mol. The number of benzene rings is 2. The second-order valence-electron chi connectivity index (χ2n) is 7.17. The molecule has 0 spiro atoms. The molecule has 2 aliphatic rings. The van der Waals surface area contributed by atoms with Gasteiger partial charge in [-0.05, 0) is 60.7 Å². The van der Waals surface area contributed by atoms with E-state index in [0.29, 0.717) is 23.8 Å². The predicted octanol–water partition coefficient (Wildman–Crippen LogP) is 3.44. The van der Waals surface area contributed by atoms with Gasteiger partial charge >= 0.3 is 0 Å². The molecule has 1 aliphatic heterocycles. The van der Waals surface area contributed by atoms with E-state index in [1.54, 1.807) is 18.2 Å². The van der Waals surface area contributed by atoms with E-state index in [0.717, 1.165) is 30.4 Å². The van der Waals surface area contributed by atoms with Crippen molar-refractivity contribution in [3.63, 3.8) is 0 Å². The van der Waals surface area contributed by atoms with Crippen LogP contribution in [0.4, 0.5) is 5.69 Å². The first-order valence-corrected chi connectivity index (χ1v) is 11.0. The number of carbonyl (C=O) groups excluding carboxylic acids is 1. The van der Waals surface area contributed by atoms with Gasteiger partial charge in [0.25, 0.3) is 10.0 Å². The van der Waals surface area contributed by atoms with Gasteiger partial charge in [-0.2, -0.15) is 0 Å². The summed E-state index contributed by atoms with van der Waals surface area (Å²) in [7, 11) is -2.47.